The normalized spacial score (nSPS) is 10.1. The number of benzene rings is 2. The summed E-state index contributed by atoms with van der Waals surface area (Å²) in [5.41, 5.74) is 3.93. The molecule has 0 aliphatic heterocycles. The Bertz CT molecular complexity index is 1060. The van der Waals surface area contributed by atoms with Crippen molar-refractivity contribution in [3.63, 3.8) is 0 Å². The van der Waals surface area contributed by atoms with Gasteiger partial charge in [-0.2, -0.15) is 0 Å². The molecular formula is C21H16N2O2. The molecule has 122 valence electrons. The van der Waals surface area contributed by atoms with E-state index >= 15 is 0 Å². The predicted octanol–water partition coefficient (Wildman–Crippen LogP) is 4.40. The van der Waals surface area contributed by atoms with E-state index in [1.165, 1.54) is 0 Å². The summed E-state index contributed by atoms with van der Waals surface area (Å²) in [5.74, 6) is 0. The van der Waals surface area contributed by atoms with E-state index in [0.29, 0.717) is 11.1 Å². The lowest BCUT2D eigenvalue weighted by Crippen LogP contribution is -1.91. The zero-order valence-electron chi connectivity index (χ0n) is 13.7. The van der Waals surface area contributed by atoms with Crippen LogP contribution in [-0.2, 0) is 0 Å². The monoisotopic (exact) mass is 328 g/mol. The Kier molecular flexibility index (Phi) is 4.90. The third-order valence-corrected chi connectivity index (χ3v) is 3.83. The van der Waals surface area contributed by atoms with Gasteiger partial charge in [0.15, 0.2) is 12.6 Å². The van der Waals surface area contributed by atoms with Crippen LogP contribution in [0.5, 0.6) is 0 Å². The second-order valence-electron chi connectivity index (χ2n) is 5.55. The summed E-state index contributed by atoms with van der Waals surface area (Å²) >= 11 is 0. The lowest BCUT2D eigenvalue weighted by atomic mass is 10.1. The summed E-state index contributed by atoms with van der Waals surface area (Å²) in [6.45, 7) is 1.84. The Labute approximate surface area is 145 Å². The number of pyridine rings is 2. The number of aryl methyl sites for hydroxylation is 1. The molecule has 0 aliphatic carbocycles. The molecule has 0 spiro atoms. The molecule has 2 heterocycles. The van der Waals surface area contributed by atoms with Crippen LogP contribution >= 0.6 is 0 Å². The number of fused-ring (bicyclic) bond motifs is 2. The van der Waals surface area contributed by atoms with Crippen LogP contribution in [0.3, 0.4) is 0 Å². The molecule has 0 aliphatic rings. The minimum Gasteiger partial charge on any atom is -0.298 e. The number of rotatable bonds is 2. The topological polar surface area (TPSA) is 59.9 Å². The maximum atomic E-state index is 10.6. The van der Waals surface area contributed by atoms with Gasteiger partial charge >= 0.3 is 0 Å². The summed E-state index contributed by atoms with van der Waals surface area (Å²) in [6, 6.07) is 19.2. The highest BCUT2D eigenvalue weighted by Gasteiger charge is 2.00. The minimum absolute atomic E-state index is 0.619. The Morgan fingerprint density at radius 2 is 1.44 bits per heavy atom. The molecule has 0 unspecified atom stereocenters. The van der Waals surface area contributed by atoms with Crippen LogP contribution in [0.4, 0.5) is 0 Å². The van der Waals surface area contributed by atoms with Gasteiger partial charge in [-0.3, -0.25) is 19.6 Å². The molecule has 4 heteroatoms. The number of carbonyl (C=O) groups is 2. The number of aromatic nitrogens is 2. The highest BCUT2D eigenvalue weighted by Crippen LogP contribution is 2.14. The fourth-order valence-electron chi connectivity index (χ4n) is 2.50. The van der Waals surface area contributed by atoms with Crippen molar-refractivity contribution < 1.29 is 9.59 Å². The molecule has 0 radical (unpaired) electrons. The smallest absolute Gasteiger partial charge is 0.151 e. The molecule has 0 saturated heterocycles. The Morgan fingerprint density at radius 3 is 2.12 bits per heavy atom. The van der Waals surface area contributed by atoms with Crippen LogP contribution in [0.2, 0.25) is 0 Å². The SMILES string of the molecule is Cc1nc2ccccc2cc1C=O.O=Cc1cnc2ccccc2c1. The Morgan fingerprint density at radius 1 is 0.800 bits per heavy atom. The third-order valence-electron chi connectivity index (χ3n) is 3.83. The number of aldehydes is 2. The zero-order valence-corrected chi connectivity index (χ0v) is 13.7. The fourth-order valence-corrected chi connectivity index (χ4v) is 2.50. The average Bonchev–Trinajstić information content (AvgIpc) is 2.67. The first-order valence-electron chi connectivity index (χ1n) is 7.83. The highest BCUT2D eigenvalue weighted by atomic mass is 16.1. The van der Waals surface area contributed by atoms with Crippen LogP contribution in [0, 0.1) is 6.92 Å². The van der Waals surface area contributed by atoms with Gasteiger partial charge in [0.1, 0.15) is 0 Å². The van der Waals surface area contributed by atoms with Gasteiger partial charge in [0.25, 0.3) is 0 Å². The molecule has 4 rings (SSSR count). The first-order valence-corrected chi connectivity index (χ1v) is 7.83. The molecule has 0 bridgehead atoms. The van der Waals surface area contributed by atoms with E-state index in [4.69, 9.17) is 0 Å². The maximum absolute atomic E-state index is 10.6. The molecule has 2 aromatic carbocycles. The summed E-state index contributed by atoms with van der Waals surface area (Å²) in [4.78, 5) is 29.5. The second kappa shape index (κ2) is 7.45. The maximum Gasteiger partial charge on any atom is 0.151 e. The van der Waals surface area contributed by atoms with Crippen molar-refractivity contribution >= 4 is 34.4 Å². The van der Waals surface area contributed by atoms with E-state index in [1.54, 1.807) is 6.20 Å². The zero-order chi connectivity index (χ0) is 17.6. The molecule has 0 N–H and O–H groups in total. The van der Waals surface area contributed by atoms with Crippen molar-refractivity contribution in [1.29, 1.82) is 0 Å². The Balaban J connectivity index is 0.000000146. The summed E-state index contributed by atoms with van der Waals surface area (Å²) in [6.07, 6.45) is 3.23. The number of hydrogen-bond acceptors (Lipinski definition) is 4. The first-order chi connectivity index (χ1) is 12.2. The molecular weight excluding hydrogens is 312 g/mol. The summed E-state index contributed by atoms with van der Waals surface area (Å²) in [7, 11) is 0. The highest BCUT2D eigenvalue weighted by molar-refractivity contribution is 5.87. The van der Waals surface area contributed by atoms with Crippen LogP contribution < -0.4 is 0 Å². The molecule has 0 amide bonds. The van der Waals surface area contributed by atoms with E-state index in [2.05, 4.69) is 9.97 Å². The molecule has 4 nitrogen and oxygen atoms in total. The summed E-state index contributed by atoms with van der Waals surface area (Å²) < 4.78 is 0. The number of hydrogen-bond donors (Lipinski definition) is 0. The van der Waals surface area contributed by atoms with Crippen LogP contribution in [0.15, 0.2) is 66.9 Å². The quantitative estimate of drug-likeness (QED) is 0.512. The van der Waals surface area contributed by atoms with E-state index < -0.39 is 0 Å². The van der Waals surface area contributed by atoms with Crippen molar-refractivity contribution in [3.8, 4) is 0 Å². The molecule has 25 heavy (non-hydrogen) atoms. The van der Waals surface area contributed by atoms with Gasteiger partial charge in [-0.15, -0.1) is 0 Å². The van der Waals surface area contributed by atoms with E-state index in [1.807, 2.05) is 67.6 Å². The van der Waals surface area contributed by atoms with Gasteiger partial charge in [-0.1, -0.05) is 36.4 Å². The number of carbonyl (C=O) groups excluding carboxylic acids is 2. The van der Waals surface area contributed by atoms with Gasteiger partial charge in [0.05, 0.1) is 11.0 Å². The van der Waals surface area contributed by atoms with Crippen LogP contribution in [-0.4, -0.2) is 22.5 Å². The van der Waals surface area contributed by atoms with Crippen LogP contribution in [0.25, 0.3) is 21.8 Å². The van der Waals surface area contributed by atoms with Gasteiger partial charge in [-0.25, -0.2) is 0 Å². The van der Waals surface area contributed by atoms with Gasteiger partial charge < -0.3 is 0 Å². The molecule has 0 atom stereocenters. The van der Waals surface area contributed by atoms with Crippen molar-refractivity contribution in [1.82, 2.24) is 9.97 Å². The van der Waals surface area contributed by atoms with E-state index in [-0.39, 0.29) is 0 Å². The van der Waals surface area contributed by atoms with Crippen LogP contribution in [0.1, 0.15) is 26.4 Å². The molecule has 0 saturated carbocycles. The van der Waals surface area contributed by atoms with Gasteiger partial charge in [0.2, 0.25) is 0 Å². The fraction of sp³-hybridized carbons (Fsp3) is 0.0476. The van der Waals surface area contributed by atoms with E-state index in [9.17, 15) is 9.59 Å². The second-order valence-corrected chi connectivity index (χ2v) is 5.55. The number of para-hydroxylation sites is 2. The van der Waals surface area contributed by atoms with Gasteiger partial charge in [-0.05, 0) is 31.2 Å². The van der Waals surface area contributed by atoms with Crippen molar-refractivity contribution in [3.05, 3.63) is 83.7 Å². The molecule has 0 fully saturated rings. The predicted molar refractivity (Wildman–Crippen MR) is 99.0 cm³/mol. The molecule has 4 aromatic rings. The third kappa shape index (κ3) is 3.75. The lowest BCUT2D eigenvalue weighted by Gasteiger charge is -2.00. The van der Waals surface area contributed by atoms with Crippen molar-refractivity contribution in [2.45, 2.75) is 6.92 Å². The minimum atomic E-state index is 0.619. The summed E-state index contributed by atoms with van der Waals surface area (Å²) in [5, 5.41) is 2.01. The van der Waals surface area contributed by atoms with Crippen molar-refractivity contribution in [2.24, 2.45) is 0 Å². The van der Waals surface area contributed by atoms with E-state index in [0.717, 1.165) is 40.1 Å². The first kappa shape index (κ1) is 16.5. The largest absolute Gasteiger partial charge is 0.298 e. The standard InChI is InChI=1S/C11H9NO.C10H7NO/c1-8-10(7-13)6-9-4-2-3-5-11(9)12-8;12-7-8-5-9-3-1-2-4-10(9)11-6-8/h2-7H,1H3;1-7H. The Hall–Kier alpha value is -3.40. The number of nitrogens with zero attached hydrogens (tertiary/aromatic N) is 2. The lowest BCUT2D eigenvalue weighted by molar-refractivity contribution is 0.111. The average molecular weight is 328 g/mol. The molecule has 2 aromatic heterocycles. The van der Waals surface area contributed by atoms with Gasteiger partial charge in [0, 0.05) is 33.8 Å². The van der Waals surface area contributed by atoms with Crippen molar-refractivity contribution in [2.75, 3.05) is 0 Å².